The molecule has 0 radical (unpaired) electrons. The fraction of sp³-hybridized carbons (Fsp3) is 0.100. The SMILES string of the molecule is Clc1nc2ccccn2c1/C=C/CBr. The van der Waals surface area contributed by atoms with Crippen molar-refractivity contribution in [1.29, 1.82) is 0 Å². The average molecular weight is 272 g/mol. The third kappa shape index (κ3) is 1.70. The van der Waals surface area contributed by atoms with Gasteiger partial charge in [0.25, 0.3) is 0 Å². The van der Waals surface area contributed by atoms with Gasteiger partial charge in [-0.05, 0) is 18.2 Å². The van der Waals surface area contributed by atoms with Crippen molar-refractivity contribution in [2.45, 2.75) is 0 Å². The third-order valence-corrected chi connectivity index (χ3v) is 2.54. The molecule has 4 heteroatoms. The predicted octanol–water partition coefficient (Wildman–Crippen LogP) is 3.40. The largest absolute Gasteiger partial charge is 0.299 e. The van der Waals surface area contributed by atoms with Crippen molar-refractivity contribution in [2.75, 3.05) is 5.33 Å². The number of imidazole rings is 1. The van der Waals surface area contributed by atoms with Gasteiger partial charge in [0.05, 0.1) is 5.69 Å². The normalized spacial score (nSPS) is 11.6. The molecule has 0 unspecified atom stereocenters. The number of allylic oxidation sites excluding steroid dienone is 1. The van der Waals surface area contributed by atoms with Gasteiger partial charge in [0.15, 0.2) is 5.15 Å². The molecule has 0 saturated heterocycles. The predicted molar refractivity (Wildman–Crippen MR) is 63.0 cm³/mol. The minimum atomic E-state index is 0.536. The number of halogens is 2. The number of nitrogens with zero attached hydrogens (tertiary/aromatic N) is 2. The van der Waals surface area contributed by atoms with Crippen LogP contribution >= 0.6 is 27.5 Å². The molecule has 2 nitrogen and oxygen atoms in total. The Kier molecular flexibility index (Phi) is 2.89. The molecule has 0 spiro atoms. The van der Waals surface area contributed by atoms with Gasteiger partial charge in [-0.25, -0.2) is 4.98 Å². The van der Waals surface area contributed by atoms with Crippen LogP contribution in [0.5, 0.6) is 0 Å². The van der Waals surface area contributed by atoms with Crippen molar-refractivity contribution in [2.24, 2.45) is 0 Å². The minimum Gasteiger partial charge on any atom is -0.299 e. The van der Waals surface area contributed by atoms with E-state index in [-0.39, 0.29) is 0 Å². The molecule has 72 valence electrons. The van der Waals surface area contributed by atoms with Gasteiger partial charge in [-0.3, -0.25) is 4.40 Å². The van der Waals surface area contributed by atoms with E-state index in [0.717, 1.165) is 16.7 Å². The summed E-state index contributed by atoms with van der Waals surface area (Å²) < 4.78 is 1.96. The molecule has 0 amide bonds. The van der Waals surface area contributed by atoms with Crippen molar-refractivity contribution in [1.82, 2.24) is 9.38 Å². The Bertz CT molecular complexity index is 476. The van der Waals surface area contributed by atoms with Crippen LogP contribution in [-0.4, -0.2) is 14.7 Å². The van der Waals surface area contributed by atoms with Crippen LogP contribution < -0.4 is 0 Å². The van der Waals surface area contributed by atoms with Crippen LogP contribution in [-0.2, 0) is 0 Å². The molecule has 0 saturated carbocycles. The number of hydrogen-bond donors (Lipinski definition) is 0. The fourth-order valence-electron chi connectivity index (χ4n) is 1.29. The van der Waals surface area contributed by atoms with Gasteiger partial charge in [0.2, 0.25) is 0 Å². The van der Waals surface area contributed by atoms with Crippen molar-refractivity contribution in [3.63, 3.8) is 0 Å². The third-order valence-electron chi connectivity index (χ3n) is 1.89. The lowest BCUT2D eigenvalue weighted by Crippen LogP contribution is -1.85. The molecule has 0 fully saturated rings. The van der Waals surface area contributed by atoms with Crippen LogP contribution in [0.25, 0.3) is 11.7 Å². The molecular weight excluding hydrogens is 263 g/mol. The average Bonchev–Trinajstić information content (AvgIpc) is 2.51. The zero-order valence-corrected chi connectivity index (χ0v) is 9.66. The lowest BCUT2D eigenvalue weighted by atomic mass is 10.4. The van der Waals surface area contributed by atoms with E-state index in [9.17, 15) is 0 Å². The fourth-order valence-corrected chi connectivity index (χ4v) is 1.72. The Morgan fingerprint density at radius 2 is 2.36 bits per heavy atom. The van der Waals surface area contributed by atoms with Crippen LogP contribution in [0.3, 0.4) is 0 Å². The summed E-state index contributed by atoms with van der Waals surface area (Å²) in [5, 5.41) is 1.34. The van der Waals surface area contributed by atoms with Gasteiger partial charge < -0.3 is 0 Å². The van der Waals surface area contributed by atoms with Crippen LogP contribution in [0.1, 0.15) is 5.69 Å². The summed E-state index contributed by atoms with van der Waals surface area (Å²) in [7, 11) is 0. The summed E-state index contributed by atoms with van der Waals surface area (Å²) in [5.41, 5.74) is 1.79. The molecular formula is C10H8BrClN2. The van der Waals surface area contributed by atoms with E-state index in [0.29, 0.717) is 5.15 Å². The van der Waals surface area contributed by atoms with Gasteiger partial charge >= 0.3 is 0 Å². The van der Waals surface area contributed by atoms with E-state index in [1.54, 1.807) is 0 Å². The maximum Gasteiger partial charge on any atom is 0.155 e. The van der Waals surface area contributed by atoms with Crippen molar-refractivity contribution in [3.8, 4) is 0 Å². The quantitative estimate of drug-likeness (QED) is 0.765. The summed E-state index contributed by atoms with van der Waals surface area (Å²) in [6, 6.07) is 5.82. The Morgan fingerprint density at radius 1 is 1.50 bits per heavy atom. The maximum absolute atomic E-state index is 6.00. The van der Waals surface area contributed by atoms with E-state index in [4.69, 9.17) is 11.6 Å². The highest BCUT2D eigenvalue weighted by Gasteiger charge is 2.05. The highest BCUT2D eigenvalue weighted by Crippen LogP contribution is 2.18. The number of pyridine rings is 1. The first-order chi connectivity index (χ1) is 6.83. The molecule has 0 bridgehead atoms. The standard InChI is InChI=1S/C10H8BrClN2/c11-6-3-4-8-10(12)13-9-5-1-2-7-14(8)9/h1-5,7H,6H2/b4-3+. The number of alkyl halides is 1. The molecule has 0 atom stereocenters. The molecule has 2 heterocycles. The van der Waals surface area contributed by atoms with Crippen molar-refractivity contribution in [3.05, 3.63) is 41.3 Å². The molecule has 2 aromatic heterocycles. The number of fused-ring (bicyclic) bond motifs is 1. The van der Waals surface area contributed by atoms with Gasteiger partial charge in [-0.1, -0.05) is 39.7 Å². The summed E-state index contributed by atoms with van der Waals surface area (Å²) in [5.74, 6) is 0. The topological polar surface area (TPSA) is 17.3 Å². The van der Waals surface area contributed by atoms with E-state index in [1.165, 1.54) is 0 Å². The summed E-state index contributed by atoms with van der Waals surface area (Å²) in [6.07, 6.45) is 5.89. The zero-order chi connectivity index (χ0) is 9.97. The first-order valence-electron chi connectivity index (χ1n) is 4.18. The maximum atomic E-state index is 6.00. The smallest absolute Gasteiger partial charge is 0.155 e. The minimum absolute atomic E-state index is 0.536. The summed E-state index contributed by atoms with van der Waals surface area (Å²) in [6.45, 7) is 0. The van der Waals surface area contributed by atoms with Gasteiger partial charge in [0.1, 0.15) is 5.65 Å². The molecule has 14 heavy (non-hydrogen) atoms. The number of aromatic nitrogens is 2. The summed E-state index contributed by atoms with van der Waals surface area (Å²) in [4.78, 5) is 4.23. The Morgan fingerprint density at radius 3 is 3.14 bits per heavy atom. The first-order valence-corrected chi connectivity index (χ1v) is 5.68. The molecule has 0 aliphatic rings. The Balaban J connectivity index is 2.62. The van der Waals surface area contributed by atoms with Crippen molar-refractivity contribution < 1.29 is 0 Å². The van der Waals surface area contributed by atoms with E-state index in [1.807, 2.05) is 40.9 Å². The van der Waals surface area contributed by atoms with Crippen molar-refractivity contribution >= 4 is 39.3 Å². The first kappa shape index (κ1) is 9.74. The summed E-state index contributed by atoms with van der Waals surface area (Å²) >= 11 is 9.33. The highest BCUT2D eigenvalue weighted by molar-refractivity contribution is 9.09. The van der Waals surface area contributed by atoms with Gasteiger partial charge in [0, 0.05) is 11.5 Å². The second kappa shape index (κ2) is 4.15. The Hall–Kier alpha value is -0.800. The monoisotopic (exact) mass is 270 g/mol. The number of hydrogen-bond acceptors (Lipinski definition) is 1. The number of rotatable bonds is 2. The molecule has 2 rings (SSSR count). The van der Waals surface area contributed by atoms with Gasteiger partial charge in [-0.2, -0.15) is 0 Å². The van der Waals surface area contributed by atoms with E-state index in [2.05, 4.69) is 20.9 Å². The molecule has 2 aromatic rings. The molecule has 0 aliphatic carbocycles. The second-order valence-electron chi connectivity index (χ2n) is 2.77. The lowest BCUT2D eigenvalue weighted by Gasteiger charge is -1.94. The zero-order valence-electron chi connectivity index (χ0n) is 7.32. The van der Waals surface area contributed by atoms with Crippen LogP contribution in [0, 0.1) is 0 Å². The molecule has 0 aromatic carbocycles. The lowest BCUT2D eigenvalue weighted by molar-refractivity contribution is 1.17. The molecule has 0 aliphatic heterocycles. The van der Waals surface area contributed by atoms with Crippen LogP contribution in [0.15, 0.2) is 30.5 Å². The van der Waals surface area contributed by atoms with Gasteiger partial charge in [-0.15, -0.1) is 0 Å². The second-order valence-corrected chi connectivity index (χ2v) is 3.78. The van der Waals surface area contributed by atoms with Crippen LogP contribution in [0.2, 0.25) is 5.15 Å². The van der Waals surface area contributed by atoms with E-state index >= 15 is 0 Å². The highest BCUT2D eigenvalue weighted by atomic mass is 79.9. The Labute approximate surface area is 95.3 Å². The van der Waals surface area contributed by atoms with E-state index < -0.39 is 0 Å². The molecule has 0 N–H and O–H groups in total. The van der Waals surface area contributed by atoms with Crippen LogP contribution in [0.4, 0.5) is 0 Å².